The van der Waals surface area contributed by atoms with E-state index in [9.17, 15) is 19.8 Å². The van der Waals surface area contributed by atoms with Crippen molar-refractivity contribution in [2.24, 2.45) is 5.41 Å². The minimum absolute atomic E-state index is 0.0110. The van der Waals surface area contributed by atoms with Gasteiger partial charge in [0.15, 0.2) is 5.78 Å². The first-order valence-electron chi connectivity index (χ1n) is 10.3. The molecule has 0 aliphatic rings. The molecule has 33 heavy (non-hydrogen) atoms. The number of halogens is 1. The number of ether oxygens (including phenoxy) is 1. The number of carbonyl (C=O) groups excluding carboxylic acids is 1. The summed E-state index contributed by atoms with van der Waals surface area (Å²) in [7, 11) is 0. The van der Waals surface area contributed by atoms with E-state index in [-0.39, 0.29) is 39.7 Å². The summed E-state index contributed by atoms with van der Waals surface area (Å²) in [5.74, 6) is -0.886. The molecule has 0 bridgehead atoms. The van der Waals surface area contributed by atoms with Crippen molar-refractivity contribution in [3.63, 3.8) is 0 Å². The molecule has 0 aliphatic heterocycles. The summed E-state index contributed by atoms with van der Waals surface area (Å²) in [6.45, 7) is 7.70. The van der Waals surface area contributed by atoms with Crippen molar-refractivity contribution in [2.75, 3.05) is 0 Å². The number of phenolic OH excluding ortho intramolecular Hbond substituents is 1. The van der Waals surface area contributed by atoms with Crippen LogP contribution >= 0.6 is 11.6 Å². The molecule has 0 atom stereocenters. The maximum Gasteiger partial charge on any atom is 0.337 e. The van der Waals surface area contributed by atoms with Gasteiger partial charge in [-0.1, -0.05) is 38.4 Å². The Balaban J connectivity index is 1.72. The number of aromatic carboxylic acids is 1. The lowest BCUT2D eigenvalue weighted by Crippen LogP contribution is -2.13. The zero-order valence-corrected chi connectivity index (χ0v) is 19.6. The van der Waals surface area contributed by atoms with E-state index >= 15 is 0 Å². The average molecular weight is 469 g/mol. The second kappa shape index (κ2) is 9.58. The summed E-state index contributed by atoms with van der Waals surface area (Å²) in [4.78, 5) is 32.4. The zero-order chi connectivity index (χ0) is 24.3. The summed E-state index contributed by atoms with van der Waals surface area (Å²) >= 11 is 5.91. The van der Waals surface area contributed by atoms with E-state index in [0.29, 0.717) is 34.7 Å². The fraction of sp³-hybridized carbons (Fsp3) is 0.280. The van der Waals surface area contributed by atoms with Crippen molar-refractivity contribution in [1.82, 2.24) is 9.97 Å². The van der Waals surface area contributed by atoms with Crippen LogP contribution in [0.25, 0.3) is 11.3 Å². The number of hydrogen-bond acceptors (Lipinski definition) is 6. The van der Waals surface area contributed by atoms with Gasteiger partial charge in [0, 0.05) is 17.5 Å². The zero-order valence-electron chi connectivity index (χ0n) is 18.8. The molecule has 0 saturated carbocycles. The highest BCUT2D eigenvalue weighted by Crippen LogP contribution is 2.33. The summed E-state index contributed by atoms with van der Waals surface area (Å²) in [5.41, 5.74) is 2.17. The summed E-state index contributed by atoms with van der Waals surface area (Å²) in [5, 5.41) is 19.9. The molecule has 1 aromatic heterocycles. The number of carboxylic acids is 1. The van der Waals surface area contributed by atoms with E-state index in [4.69, 9.17) is 16.3 Å². The molecule has 0 fully saturated rings. The highest BCUT2D eigenvalue weighted by Gasteiger charge is 2.21. The van der Waals surface area contributed by atoms with Gasteiger partial charge in [-0.3, -0.25) is 14.8 Å². The van der Waals surface area contributed by atoms with Crippen molar-refractivity contribution >= 4 is 23.4 Å². The summed E-state index contributed by atoms with van der Waals surface area (Å²) < 4.78 is 5.78. The van der Waals surface area contributed by atoms with Crippen molar-refractivity contribution in [3.8, 4) is 22.8 Å². The quantitative estimate of drug-likeness (QED) is 0.427. The molecular weight excluding hydrogens is 444 g/mol. The van der Waals surface area contributed by atoms with Crippen LogP contribution in [0.2, 0.25) is 5.02 Å². The van der Waals surface area contributed by atoms with Crippen LogP contribution in [0.5, 0.6) is 11.5 Å². The number of carboxylic acid groups (broad SMARTS) is 1. The number of ketones is 1. The Morgan fingerprint density at radius 1 is 1.06 bits per heavy atom. The van der Waals surface area contributed by atoms with Gasteiger partial charge in [-0.05, 0) is 36.6 Å². The van der Waals surface area contributed by atoms with Crippen LogP contribution < -0.4 is 4.74 Å². The first-order chi connectivity index (χ1) is 15.5. The molecule has 0 amide bonds. The molecule has 2 N–H and O–H groups in total. The van der Waals surface area contributed by atoms with Crippen LogP contribution in [0.1, 0.15) is 59.2 Å². The van der Waals surface area contributed by atoms with Gasteiger partial charge in [0.05, 0.1) is 39.9 Å². The Kier molecular flexibility index (Phi) is 7.03. The van der Waals surface area contributed by atoms with E-state index in [0.717, 1.165) is 0 Å². The first kappa shape index (κ1) is 24.2. The van der Waals surface area contributed by atoms with E-state index in [1.54, 1.807) is 25.1 Å². The summed E-state index contributed by atoms with van der Waals surface area (Å²) in [6.07, 6.45) is 3.37. The third-order valence-electron chi connectivity index (χ3n) is 4.95. The molecule has 8 heteroatoms. The molecule has 172 valence electrons. The van der Waals surface area contributed by atoms with Gasteiger partial charge >= 0.3 is 5.97 Å². The van der Waals surface area contributed by atoms with Gasteiger partial charge in [0.2, 0.25) is 0 Å². The van der Waals surface area contributed by atoms with Crippen LogP contribution in [0.4, 0.5) is 0 Å². The van der Waals surface area contributed by atoms with Crippen LogP contribution in [-0.4, -0.2) is 31.9 Å². The lowest BCUT2D eigenvalue weighted by molar-refractivity contribution is 0.0696. The molecule has 0 spiro atoms. The van der Waals surface area contributed by atoms with Crippen LogP contribution in [0, 0.1) is 12.3 Å². The molecular formula is C25H25ClN2O5. The van der Waals surface area contributed by atoms with Crippen molar-refractivity contribution in [3.05, 3.63) is 70.1 Å². The SMILES string of the molecule is Cc1c(OCc2cnc(-c3ccc(Cl)c(C(=O)O)c3)cn2)ccc(C(=O)CC(C)(C)C)c1O. The smallest absolute Gasteiger partial charge is 0.337 e. The van der Waals surface area contributed by atoms with Crippen LogP contribution in [0.15, 0.2) is 42.7 Å². The monoisotopic (exact) mass is 468 g/mol. The van der Waals surface area contributed by atoms with E-state index in [1.165, 1.54) is 24.5 Å². The number of rotatable bonds is 7. The van der Waals surface area contributed by atoms with E-state index in [1.807, 2.05) is 20.8 Å². The van der Waals surface area contributed by atoms with Crippen molar-refractivity contribution < 1.29 is 24.5 Å². The van der Waals surface area contributed by atoms with Gasteiger partial charge in [-0.25, -0.2) is 4.79 Å². The van der Waals surface area contributed by atoms with Crippen LogP contribution in [-0.2, 0) is 6.61 Å². The molecule has 0 unspecified atom stereocenters. The van der Waals surface area contributed by atoms with Crippen LogP contribution in [0.3, 0.4) is 0 Å². The predicted octanol–water partition coefficient (Wildman–Crippen LogP) is 5.71. The Morgan fingerprint density at radius 2 is 1.79 bits per heavy atom. The molecule has 3 aromatic rings. The fourth-order valence-corrected chi connectivity index (χ4v) is 3.42. The van der Waals surface area contributed by atoms with Crippen molar-refractivity contribution in [1.29, 1.82) is 0 Å². The Hall–Kier alpha value is -3.45. The number of carbonyl (C=O) groups is 2. The average Bonchev–Trinajstić information content (AvgIpc) is 2.74. The highest BCUT2D eigenvalue weighted by molar-refractivity contribution is 6.33. The minimum Gasteiger partial charge on any atom is -0.507 e. The predicted molar refractivity (Wildman–Crippen MR) is 125 cm³/mol. The topological polar surface area (TPSA) is 110 Å². The normalized spacial score (nSPS) is 11.3. The Labute approximate surface area is 197 Å². The molecule has 0 aliphatic carbocycles. The Morgan fingerprint density at radius 3 is 2.39 bits per heavy atom. The maximum atomic E-state index is 12.5. The maximum absolute atomic E-state index is 12.5. The number of Topliss-reactive ketones (excluding diaryl/α,β-unsaturated/α-hetero) is 1. The second-order valence-electron chi connectivity index (χ2n) is 8.93. The number of benzene rings is 2. The van der Waals surface area contributed by atoms with Gasteiger partial charge < -0.3 is 14.9 Å². The van der Waals surface area contributed by atoms with Crippen molar-refractivity contribution in [2.45, 2.75) is 40.7 Å². The lowest BCUT2D eigenvalue weighted by atomic mass is 9.87. The van der Waals surface area contributed by atoms with Gasteiger partial charge in [0.25, 0.3) is 0 Å². The number of aromatic hydroxyl groups is 1. The highest BCUT2D eigenvalue weighted by atomic mass is 35.5. The van der Waals surface area contributed by atoms with E-state index in [2.05, 4.69) is 9.97 Å². The van der Waals surface area contributed by atoms with Gasteiger partial charge in [-0.2, -0.15) is 0 Å². The first-order valence-corrected chi connectivity index (χ1v) is 10.7. The van der Waals surface area contributed by atoms with Gasteiger partial charge in [-0.15, -0.1) is 0 Å². The number of aromatic nitrogens is 2. The van der Waals surface area contributed by atoms with Gasteiger partial charge in [0.1, 0.15) is 18.1 Å². The number of nitrogens with zero attached hydrogens (tertiary/aromatic N) is 2. The molecule has 2 aromatic carbocycles. The molecule has 1 heterocycles. The minimum atomic E-state index is -1.12. The lowest BCUT2D eigenvalue weighted by Gasteiger charge is -2.18. The largest absolute Gasteiger partial charge is 0.507 e. The Bertz CT molecular complexity index is 1200. The fourth-order valence-electron chi connectivity index (χ4n) is 3.22. The standard InChI is InChI=1S/C25H25ClN2O5/c1-14-22(8-6-17(23(14)30)21(29)10-25(2,3)4)33-13-16-11-28-20(12-27-16)15-5-7-19(26)18(9-15)24(31)32/h5-9,11-12,30H,10,13H2,1-4H3,(H,31,32). The third-order valence-corrected chi connectivity index (χ3v) is 5.28. The molecule has 0 radical (unpaired) electrons. The van der Waals surface area contributed by atoms with E-state index < -0.39 is 5.97 Å². The second-order valence-corrected chi connectivity index (χ2v) is 9.33. The molecule has 7 nitrogen and oxygen atoms in total. The number of hydrogen-bond donors (Lipinski definition) is 2. The molecule has 3 rings (SSSR count). The summed E-state index contributed by atoms with van der Waals surface area (Å²) in [6, 6.07) is 7.85. The number of phenols is 1. The molecule has 0 saturated heterocycles. The third kappa shape index (κ3) is 5.87.